The van der Waals surface area contributed by atoms with Gasteiger partial charge < -0.3 is 10.1 Å². The Bertz CT molecular complexity index is 700. The van der Waals surface area contributed by atoms with Crippen molar-refractivity contribution in [3.8, 4) is 11.8 Å². The van der Waals surface area contributed by atoms with E-state index in [2.05, 4.69) is 36.2 Å². The van der Waals surface area contributed by atoms with Crippen molar-refractivity contribution in [1.29, 1.82) is 5.26 Å². The van der Waals surface area contributed by atoms with E-state index in [4.69, 9.17) is 5.26 Å². The molecule has 108 valence electrons. The number of halogens is 4. The zero-order chi connectivity index (χ0) is 15.5. The van der Waals surface area contributed by atoms with E-state index in [1.165, 1.54) is 24.4 Å². The molecule has 0 unspecified atom stereocenters. The molecule has 0 saturated heterocycles. The minimum Gasteiger partial charge on any atom is -0.404 e. The third-order valence-electron chi connectivity index (χ3n) is 2.26. The molecule has 1 aromatic carbocycles. The third kappa shape index (κ3) is 4.06. The second-order valence-electron chi connectivity index (χ2n) is 3.72. The average molecular weight is 359 g/mol. The van der Waals surface area contributed by atoms with E-state index in [-0.39, 0.29) is 17.1 Å². The van der Waals surface area contributed by atoms with E-state index in [9.17, 15) is 13.2 Å². The summed E-state index contributed by atoms with van der Waals surface area (Å²) in [4.78, 5) is 0. The number of nitrogens with zero attached hydrogens (tertiary/aromatic N) is 3. The van der Waals surface area contributed by atoms with E-state index < -0.39 is 12.1 Å². The van der Waals surface area contributed by atoms with Crippen molar-refractivity contribution in [3.05, 3.63) is 40.5 Å². The van der Waals surface area contributed by atoms with E-state index in [1.54, 1.807) is 0 Å². The highest BCUT2D eigenvalue weighted by atomic mass is 79.9. The van der Waals surface area contributed by atoms with Crippen molar-refractivity contribution in [2.24, 2.45) is 0 Å². The molecule has 1 N–H and O–H groups in total. The van der Waals surface area contributed by atoms with Crippen LogP contribution in [0, 0.1) is 11.3 Å². The maximum absolute atomic E-state index is 12.4. The van der Waals surface area contributed by atoms with Gasteiger partial charge in [0.05, 0.1) is 17.4 Å². The van der Waals surface area contributed by atoms with Crippen molar-refractivity contribution in [2.75, 3.05) is 5.32 Å². The molecule has 2 rings (SSSR count). The molecule has 0 atom stereocenters. The van der Waals surface area contributed by atoms with Crippen molar-refractivity contribution < 1.29 is 17.9 Å². The lowest BCUT2D eigenvalue weighted by molar-refractivity contribution is -0.274. The molecule has 21 heavy (non-hydrogen) atoms. The van der Waals surface area contributed by atoms with Crippen LogP contribution in [0.5, 0.6) is 5.75 Å². The van der Waals surface area contributed by atoms with E-state index in [1.807, 2.05) is 6.07 Å². The van der Waals surface area contributed by atoms with Gasteiger partial charge in [0.15, 0.2) is 11.6 Å². The van der Waals surface area contributed by atoms with Crippen LogP contribution in [-0.2, 0) is 0 Å². The first-order valence-corrected chi connectivity index (χ1v) is 6.22. The van der Waals surface area contributed by atoms with Gasteiger partial charge in [-0.1, -0.05) is 15.9 Å². The van der Waals surface area contributed by atoms with Crippen molar-refractivity contribution >= 4 is 27.4 Å². The van der Waals surface area contributed by atoms with Crippen molar-refractivity contribution in [1.82, 2.24) is 10.2 Å². The first-order chi connectivity index (χ1) is 9.89. The molecule has 0 fully saturated rings. The molecule has 0 aliphatic heterocycles. The Hall–Kier alpha value is -2.34. The summed E-state index contributed by atoms with van der Waals surface area (Å²) in [5.74, 6) is -0.416. The van der Waals surface area contributed by atoms with Crippen molar-refractivity contribution in [2.45, 2.75) is 6.36 Å². The second-order valence-corrected chi connectivity index (χ2v) is 4.63. The number of alkyl halides is 3. The minimum atomic E-state index is -4.84. The molecule has 0 saturated carbocycles. The Morgan fingerprint density at radius 1 is 1.29 bits per heavy atom. The highest BCUT2D eigenvalue weighted by molar-refractivity contribution is 9.10. The van der Waals surface area contributed by atoms with Crippen LogP contribution in [0.2, 0.25) is 0 Å². The number of nitrogens with one attached hydrogen (secondary N) is 1. The Labute approximate surface area is 125 Å². The standard InChI is InChI=1S/C12H6BrF3N4O/c13-8-1-2-9(10(5-8)21-12(14,15)16)19-11-7(6-17)3-4-18-20-11/h1-5H,(H,19,20). The Morgan fingerprint density at radius 2 is 2.05 bits per heavy atom. The highest BCUT2D eigenvalue weighted by Gasteiger charge is 2.32. The van der Waals surface area contributed by atoms with Crippen LogP contribution in [0.3, 0.4) is 0 Å². The highest BCUT2D eigenvalue weighted by Crippen LogP contribution is 2.34. The third-order valence-corrected chi connectivity index (χ3v) is 2.76. The summed E-state index contributed by atoms with van der Waals surface area (Å²) >= 11 is 3.06. The second kappa shape index (κ2) is 5.97. The Morgan fingerprint density at radius 3 is 2.71 bits per heavy atom. The number of nitriles is 1. The maximum atomic E-state index is 12.4. The van der Waals surface area contributed by atoms with E-state index in [0.717, 1.165) is 6.07 Å². The molecule has 0 amide bonds. The summed E-state index contributed by atoms with van der Waals surface area (Å²) in [6, 6.07) is 7.28. The smallest absolute Gasteiger partial charge is 0.404 e. The summed E-state index contributed by atoms with van der Waals surface area (Å²) in [7, 11) is 0. The summed E-state index contributed by atoms with van der Waals surface area (Å²) in [5.41, 5.74) is 0.151. The summed E-state index contributed by atoms with van der Waals surface area (Å²) in [6.45, 7) is 0. The number of hydrogen-bond acceptors (Lipinski definition) is 5. The lowest BCUT2D eigenvalue weighted by Crippen LogP contribution is -2.18. The van der Waals surface area contributed by atoms with Crippen molar-refractivity contribution in [3.63, 3.8) is 0 Å². The number of rotatable bonds is 3. The first kappa shape index (κ1) is 15.1. The van der Waals surface area contributed by atoms with Gasteiger partial charge in [-0.05, 0) is 24.3 Å². The van der Waals surface area contributed by atoms with Crippen LogP contribution in [0.1, 0.15) is 5.56 Å². The van der Waals surface area contributed by atoms with Crippen LogP contribution in [-0.4, -0.2) is 16.6 Å². The largest absolute Gasteiger partial charge is 0.573 e. The van der Waals surface area contributed by atoms with Crippen LogP contribution in [0.25, 0.3) is 0 Å². The fourth-order valence-corrected chi connectivity index (χ4v) is 1.79. The first-order valence-electron chi connectivity index (χ1n) is 5.43. The normalized spacial score (nSPS) is 10.8. The number of ether oxygens (including phenoxy) is 1. The zero-order valence-corrected chi connectivity index (χ0v) is 11.7. The van der Waals surface area contributed by atoms with Crippen LogP contribution in [0.4, 0.5) is 24.7 Å². The lowest BCUT2D eigenvalue weighted by atomic mass is 10.2. The monoisotopic (exact) mass is 358 g/mol. The van der Waals surface area contributed by atoms with Gasteiger partial charge in [-0.2, -0.15) is 10.4 Å². The zero-order valence-electron chi connectivity index (χ0n) is 10.1. The average Bonchev–Trinajstić information content (AvgIpc) is 2.40. The predicted molar refractivity (Wildman–Crippen MR) is 70.9 cm³/mol. The number of hydrogen-bond donors (Lipinski definition) is 1. The molecule has 0 radical (unpaired) electrons. The SMILES string of the molecule is N#Cc1ccnnc1Nc1ccc(Br)cc1OC(F)(F)F. The summed E-state index contributed by atoms with van der Waals surface area (Å²) in [5, 5.41) is 18.8. The van der Waals surface area contributed by atoms with Gasteiger partial charge in [0.1, 0.15) is 6.07 Å². The molecule has 1 aromatic heterocycles. The molecule has 9 heteroatoms. The minimum absolute atomic E-state index is 0.00697. The molecule has 0 aliphatic carbocycles. The van der Waals surface area contributed by atoms with Crippen LogP contribution < -0.4 is 10.1 Å². The van der Waals surface area contributed by atoms with E-state index in [0.29, 0.717) is 4.47 Å². The van der Waals surface area contributed by atoms with Gasteiger partial charge in [0, 0.05) is 4.47 Å². The van der Waals surface area contributed by atoms with Gasteiger partial charge in [0.25, 0.3) is 0 Å². The quantitative estimate of drug-likeness (QED) is 0.904. The number of anilines is 2. The molecular formula is C12H6BrF3N4O. The van der Waals surface area contributed by atoms with E-state index >= 15 is 0 Å². The number of benzene rings is 1. The molecule has 1 heterocycles. The molecule has 2 aromatic rings. The predicted octanol–water partition coefficient (Wildman–Crippen LogP) is 3.75. The van der Waals surface area contributed by atoms with Gasteiger partial charge in [-0.15, -0.1) is 18.3 Å². The van der Waals surface area contributed by atoms with Crippen LogP contribution >= 0.6 is 15.9 Å². The summed E-state index contributed by atoms with van der Waals surface area (Å²) in [6.07, 6.45) is -3.53. The molecule has 5 nitrogen and oxygen atoms in total. The fourth-order valence-electron chi connectivity index (χ4n) is 1.45. The molecule has 0 aliphatic rings. The lowest BCUT2D eigenvalue weighted by Gasteiger charge is -2.14. The van der Waals surface area contributed by atoms with Gasteiger partial charge in [-0.3, -0.25) is 0 Å². The molecular weight excluding hydrogens is 353 g/mol. The molecule has 0 spiro atoms. The van der Waals surface area contributed by atoms with Gasteiger partial charge in [0.2, 0.25) is 0 Å². The summed E-state index contributed by atoms with van der Waals surface area (Å²) < 4.78 is 41.5. The fraction of sp³-hybridized carbons (Fsp3) is 0.0833. The topological polar surface area (TPSA) is 70.8 Å². The maximum Gasteiger partial charge on any atom is 0.573 e. The van der Waals surface area contributed by atoms with Gasteiger partial charge >= 0.3 is 6.36 Å². The number of aromatic nitrogens is 2. The van der Waals surface area contributed by atoms with Gasteiger partial charge in [-0.25, -0.2) is 0 Å². The Balaban J connectivity index is 2.38. The van der Waals surface area contributed by atoms with Crippen LogP contribution in [0.15, 0.2) is 34.9 Å². The molecule has 0 bridgehead atoms. The Kier molecular flexibility index (Phi) is 4.28.